The second-order valence-corrected chi connectivity index (χ2v) is 6.89. The van der Waals surface area contributed by atoms with Gasteiger partial charge >= 0.3 is 12.1 Å². The van der Waals surface area contributed by atoms with E-state index in [2.05, 4.69) is 0 Å². The van der Waals surface area contributed by atoms with Crippen LogP contribution in [0, 0.1) is 17.8 Å². The largest absolute Gasteiger partial charge is 0.481 e. The molecule has 6 nitrogen and oxygen atoms in total. The predicted octanol–water partition coefficient (Wildman–Crippen LogP) is 1.32. The first-order valence-electron chi connectivity index (χ1n) is 7.06. The minimum Gasteiger partial charge on any atom is -0.481 e. The second kappa shape index (κ2) is 5.24. The zero-order valence-electron chi connectivity index (χ0n) is 12.2. The summed E-state index contributed by atoms with van der Waals surface area (Å²) in [4.78, 5) is 25.0. The van der Waals surface area contributed by atoms with E-state index in [1.165, 1.54) is 0 Å². The van der Waals surface area contributed by atoms with E-state index in [0.29, 0.717) is 25.9 Å². The van der Waals surface area contributed by atoms with Gasteiger partial charge in [0.05, 0.1) is 12.0 Å². The number of ether oxygens (including phenoxy) is 1. The number of hydrogen-bond donors (Lipinski definition) is 2. The van der Waals surface area contributed by atoms with Crippen LogP contribution in [0.25, 0.3) is 0 Å². The number of aliphatic hydroxyl groups is 1. The highest BCUT2D eigenvalue weighted by atomic mass is 16.6. The molecular formula is C14H23NO5. The molecule has 2 bridgehead atoms. The highest BCUT2D eigenvalue weighted by molar-refractivity contribution is 5.73. The Balaban J connectivity index is 2.08. The van der Waals surface area contributed by atoms with Gasteiger partial charge in [-0.25, -0.2) is 4.79 Å². The van der Waals surface area contributed by atoms with Crippen LogP contribution in [0.5, 0.6) is 0 Å². The monoisotopic (exact) mass is 285 g/mol. The topological polar surface area (TPSA) is 87.1 Å². The SMILES string of the molecule is CC(C)(C)OC(=O)N1CC2CC(O)CC(C1)C2C(=O)O. The van der Waals surface area contributed by atoms with E-state index in [1.54, 1.807) is 25.7 Å². The molecule has 1 heterocycles. The molecule has 2 unspecified atom stereocenters. The molecule has 114 valence electrons. The van der Waals surface area contributed by atoms with Crippen molar-refractivity contribution in [3.05, 3.63) is 0 Å². The smallest absolute Gasteiger partial charge is 0.410 e. The summed E-state index contributed by atoms with van der Waals surface area (Å²) in [6, 6.07) is 0. The fourth-order valence-electron chi connectivity index (χ4n) is 3.37. The third-order valence-corrected chi connectivity index (χ3v) is 4.01. The molecule has 0 radical (unpaired) electrons. The average molecular weight is 285 g/mol. The van der Waals surface area contributed by atoms with Gasteiger partial charge in [0.25, 0.3) is 0 Å². The van der Waals surface area contributed by atoms with Crippen LogP contribution in [0.2, 0.25) is 0 Å². The van der Waals surface area contributed by atoms with Crippen molar-refractivity contribution >= 4 is 12.1 Å². The molecule has 1 amide bonds. The van der Waals surface area contributed by atoms with E-state index in [0.717, 1.165) is 0 Å². The van der Waals surface area contributed by atoms with Gasteiger partial charge in [-0.2, -0.15) is 0 Å². The van der Waals surface area contributed by atoms with Crippen LogP contribution in [-0.4, -0.2) is 52.0 Å². The Labute approximate surface area is 118 Å². The van der Waals surface area contributed by atoms with Crippen molar-refractivity contribution in [2.24, 2.45) is 17.8 Å². The van der Waals surface area contributed by atoms with Gasteiger partial charge in [-0.3, -0.25) is 4.79 Å². The summed E-state index contributed by atoms with van der Waals surface area (Å²) in [5.41, 5.74) is -0.560. The molecule has 2 aliphatic rings. The summed E-state index contributed by atoms with van der Waals surface area (Å²) >= 11 is 0. The van der Waals surface area contributed by atoms with E-state index in [-0.39, 0.29) is 11.8 Å². The van der Waals surface area contributed by atoms with Gasteiger partial charge in [-0.1, -0.05) is 0 Å². The number of hydrogen-bond acceptors (Lipinski definition) is 4. The molecule has 1 aliphatic carbocycles. The summed E-state index contributed by atoms with van der Waals surface area (Å²) in [6.07, 6.45) is 0.0219. The Kier molecular flexibility index (Phi) is 3.95. The quantitative estimate of drug-likeness (QED) is 0.759. The number of likely N-dealkylation sites (tertiary alicyclic amines) is 1. The minimum absolute atomic E-state index is 0.192. The predicted molar refractivity (Wildman–Crippen MR) is 71.2 cm³/mol. The molecule has 1 saturated carbocycles. The Morgan fingerprint density at radius 1 is 1.15 bits per heavy atom. The van der Waals surface area contributed by atoms with Crippen LogP contribution < -0.4 is 0 Å². The van der Waals surface area contributed by atoms with Gasteiger partial charge in [0.2, 0.25) is 0 Å². The molecule has 2 rings (SSSR count). The highest BCUT2D eigenvalue weighted by Crippen LogP contribution is 2.40. The Morgan fingerprint density at radius 3 is 2.05 bits per heavy atom. The Hall–Kier alpha value is -1.30. The molecule has 0 aromatic rings. The lowest BCUT2D eigenvalue weighted by atomic mass is 9.68. The van der Waals surface area contributed by atoms with E-state index in [1.807, 2.05) is 0 Å². The number of rotatable bonds is 1. The number of carbonyl (C=O) groups is 2. The van der Waals surface area contributed by atoms with Crippen molar-refractivity contribution in [2.45, 2.75) is 45.3 Å². The zero-order chi connectivity index (χ0) is 15.1. The summed E-state index contributed by atoms with van der Waals surface area (Å²) in [5.74, 6) is -1.67. The lowest BCUT2D eigenvalue weighted by Gasteiger charge is -2.46. The first-order chi connectivity index (χ1) is 9.17. The first-order valence-corrected chi connectivity index (χ1v) is 7.06. The highest BCUT2D eigenvalue weighted by Gasteiger charge is 2.47. The van der Waals surface area contributed by atoms with Crippen molar-refractivity contribution in [1.82, 2.24) is 4.90 Å². The summed E-state index contributed by atoms with van der Waals surface area (Å²) in [6.45, 7) is 6.11. The van der Waals surface area contributed by atoms with Crippen molar-refractivity contribution in [3.8, 4) is 0 Å². The molecule has 2 N–H and O–H groups in total. The van der Waals surface area contributed by atoms with Crippen LogP contribution >= 0.6 is 0 Å². The molecule has 0 spiro atoms. The third-order valence-electron chi connectivity index (χ3n) is 4.01. The molecule has 1 saturated heterocycles. The van der Waals surface area contributed by atoms with E-state index < -0.39 is 29.7 Å². The number of carbonyl (C=O) groups excluding carboxylic acids is 1. The van der Waals surface area contributed by atoms with Gasteiger partial charge in [0.1, 0.15) is 5.60 Å². The maximum atomic E-state index is 12.1. The van der Waals surface area contributed by atoms with E-state index in [9.17, 15) is 19.8 Å². The van der Waals surface area contributed by atoms with Crippen LogP contribution in [0.1, 0.15) is 33.6 Å². The number of nitrogens with zero attached hydrogens (tertiary/aromatic N) is 1. The fraction of sp³-hybridized carbons (Fsp3) is 0.857. The molecule has 1 aliphatic heterocycles. The van der Waals surface area contributed by atoms with Gasteiger partial charge < -0.3 is 19.8 Å². The van der Waals surface area contributed by atoms with Gasteiger partial charge in [0, 0.05) is 13.1 Å². The first kappa shape index (κ1) is 15.1. The van der Waals surface area contributed by atoms with Crippen LogP contribution in [-0.2, 0) is 9.53 Å². The van der Waals surface area contributed by atoms with E-state index in [4.69, 9.17) is 4.74 Å². The van der Waals surface area contributed by atoms with Gasteiger partial charge in [-0.05, 0) is 45.4 Å². The standard InChI is InChI=1S/C14H23NO5/c1-14(2,3)20-13(19)15-6-8-4-10(16)5-9(7-15)11(8)12(17)18/h8-11,16H,4-7H2,1-3H3,(H,17,18). The number of amides is 1. The number of aliphatic hydroxyl groups excluding tert-OH is 1. The molecule has 2 fully saturated rings. The van der Waals surface area contributed by atoms with Crippen molar-refractivity contribution in [1.29, 1.82) is 0 Å². The van der Waals surface area contributed by atoms with Gasteiger partial charge in [0.15, 0.2) is 0 Å². The van der Waals surface area contributed by atoms with Crippen LogP contribution in [0.3, 0.4) is 0 Å². The van der Waals surface area contributed by atoms with Gasteiger partial charge in [-0.15, -0.1) is 0 Å². The third kappa shape index (κ3) is 3.23. The number of carboxylic acids is 1. The van der Waals surface area contributed by atoms with Crippen molar-refractivity contribution in [3.63, 3.8) is 0 Å². The number of fused-ring (bicyclic) bond motifs is 2. The Morgan fingerprint density at radius 2 is 1.65 bits per heavy atom. The van der Waals surface area contributed by atoms with Crippen molar-refractivity contribution in [2.75, 3.05) is 13.1 Å². The Bertz CT molecular complexity index is 387. The lowest BCUT2D eigenvalue weighted by molar-refractivity contribution is -0.153. The number of aliphatic carboxylic acids is 1. The lowest BCUT2D eigenvalue weighted by Crippen LogP contribution is -2.55. The molecule has 0 aromatic carbocycles. The van der Waals surface area contributed by atoms with Crippen LogP contribution in [0.15, 0.2) is 0 Å². The summed E-state index contributed by atoms with van der Waals surface area (Å²) < 4.78 is 5.34. The minimum atomic E-state index is -0.823. The average Bonchev–Trinajstić information content (AvgIpc) is 2.23. The zero-order valence-corrected chi connectivity index (χ0v) is 12.2. The molecule has 20 heavy (non-hydrogen) atoms. The molecule has 0 aromatic heterocycles. The normalized spacial score (nSPS) is 33.7. The number of piperidine rings is 1. The molecular weight excluding hydrogens is 262 g/mol. The van der Waals surface area contributed by atoms with Crippen molar-refractivity contribution < 1.29 is 24.5 Å². The molecule has 2 atom stereocenters. The number of carboxylic acid groups (broad SMARTS) is 1. The fourth-order valence-corrected chi connectivity index (χ4v) is 3.37. The summed E-state index contributed by atoms with van der Waals surface area (Å²) in [7, 11) is 0. The summed E-state index contributed by atoms with van der Waals surface area (Å²) in [5, 5.41) is 19.1. The maximum absolute atomic E-state index is 12.1. The van der Waals surface area contributed by atoms with Crippen LogP contribution in [0.4, 0.5) is 4.79 Å². The molecule has 6 heteroatoms. The maximum Gasteiger partial charge on any atom is 0.410 e. The van der Waals surface area contributed by atoms with E-state index >= 15 is 0 Å². The second-order valence-electron chi connectivity index (χ2n) is 6.89.